The SMILES string of the molecule is CCC(C)C(NC(=O)C(NC(=O)C(N)CC(N)=O)C(C)C)C(=O)NC(CCC(N)=O)C(=O)O. The van der Waals surface area contributed by atoms with Crippen LogP contribution in [0.15, 0.2) is 0 Å². The molecule has 0 aliphatic heterocycles. The number of primary amides is 2. The second kappa shape index (κ2) is 14.0. The van der Waals surface area contributed by atoms with Gasteiger partial charge in [0.15, 0.2) is 0 Å². The van der Waals surface area contributed by atoms with Gasteiger partial charge in [-0.2, -0.15) is 0 Å². The molecule has 5 atom stereocenters. The molecule has 0 saturated heterocycles. The average Bonchev–Trinajstić information content (AvgIpc) is 2.70. The molecule has 0 saturated carbocycles. The zero-order valence-electron chi connectivity index (χ0n) is 19.4. The quantitative estimate of drug-likeness (QED) is 0.136. The topological polar surface area (TPSA) is 237 Å². The van der Waals surface area contributed by atoms with Gasteiger partial charge in [-0.05, 0) is 18.3 Å². The molecule has 33 heavy (non-hydrogen) atoms. The Kier molecular flexibility index (Phi) is 12.7. The average molecular weight is 473 g/mol. The number of hydrogen-bond acceptors (Lipinski definition) is 7. The van der Waals surface area contributed by atoms with Crippen molar-refractivity contribution in [1.82, 2.24) is 16.0 Å². The largest absolute Gasteiger partial charge is 0.480 e. The van der Waals surface area contributed by atoms with Crippen LogP contribution in [0.1, 0.15) is 53.4 Å². The zero-order valence-corrected chi connectivity index (χ0v) is 19.4. The number of amides is 5. The third kappa shape index (κ3) is 10.8. The summed E-state index contributed by atoms with van der Waals surface area (Å²) in [6, 6.07) is -4.82. The minimum Gasteiger partial charge on any atom is -0.480 e. The first-order valence-electron chi connectivity index (χ1n) is 10.7. The van der Waals surface area contributed by atoms with E-state index in [9.17, 15) is 33.9 Å². The first-order chi connectivity index (χ1) is 15.2. The van der Waals surface area contributed by atoms with E-state index in [-0.39, 0.29) is 18.8 Å². The fourth-order valence-corrected chi connectivity index (χ4v) is 2.86. The lowest BCUT2D eigenvalue weighted by atomic mass is 9.95. The first kappa shape index (κ1) is 29.8. The molecule has 0 bridgehead atoms. The van der Waals surface area contributed by atoms with Gasteiger partial charge < -0.3 is 38.3 Å². The molecule has 0 aromatic heterocycles. The van der Waals surface area contributed by atoms with Crippen LogP contribution in [-0.4, -0.2) is 64.8 Å². The van der Waals surface area contributed by atoms with Crippen molar-refractivity contribution in [2.45, 2.75) is 77.5 Å². The van der Waals surface area contributed by atoms with E-state index in [4.69, 9.17) is 17.2 Å². The van der Waals surface area contributed by atoms with Gasteiger partial charge in [0.2, 0.25) is 29.5 Å². The maximum Gasteiger partial charge on any atom is 0.326 e. The molecule has 13 nitrogen and oxygen atoms in total. The lowest BCUT2D eigenvalue weighted by Gasteiger charge is -2.29. The lowest BCUT2D eigenvalue weighted by Crippen LogP contribution is -2.60. The van der Waals surface area contributed by atoms with Gasteiger partial charge in [-0.3, -0.25) is 24.0 Å². The first-order valence-corrected chi connectivity index (χ1v) is 10.7. The number of carboxylic acids is 1. The highest BCUT2D eigenvalue weighted by Gasteiger charge is 2.33. The summed E-state index contributed by atoms with van der Waals surface area (Å²) in [5.41, 5.74) is 15.7. The van der Waals surface area contributed by atoms with E-state index in [1.807, 2.05) is 0 Å². The number of aliphatic carboxylic acids is 1. The minimum absolute atomic E-state index is 0.208. The zero-order chi connectivity index (χ0) is 25.9. The summed E-state index contributed by atoms with van der Waals surface area (Å²) in [5.74, 6) is -5.84. The normalized spacial score (nSPS) is 15.5. The summed E-state index contributed by atoms with van der Waals surface area (Å²) < 4.78 is 0. The molecule has 0 aromatic carbocycles. The van der Waals surface area contributed by atoms with Crippen LogP contribution in [-0.2, 0) is 28.8 Å². The Bertz CT molecular complexity index is 742. The maximum atomic E-state index is 12.9. The van der Waals surface area contributed by atoms with E-state index < -0.39 is 72.0 Å². The monoisotopic (exact) mass is 472 g/mol. The van der Waals surface area contributed by atoms with Crippen LogP contribution in [0.4, 0.5) is 0 Å². The van der Waals surface area contributed by atoms with Gasteiger partial charge in [0.25, 0.3) is 0 Å². The predicted octanol–water partition coefficient (Wildman–Crippen LogP) is -2.30. The summed E-state index contributed by atoms with van der Waals surface area (Å²) in [6.45, 7) is 6.79. The van der Waals surface area contributed by atoms with Crippen LogP contribution in [0.5, 0.6) is 0 Å². The Hall–Kier alpha value is -3.22. The standard InChI is InChI=1S/C20H36N6O7/c1-5-10(4)16(19(31)24-12(20(32)33)6-7-13(22)27)26-18(30)15(9(2)3)25-17(29)11(21)8-14(23)28/h9-12,15-16H,5-8,21H2,1-4H3,(H2,22,27)(H2,23,28)(H,24,31)(H,25,29)(H,26,30)(H,32,33). The van der Waals surface area contributed by atoms with E-state index in [0.29, 0.717) is 6.42 Å². The number of carbonyl (C=O) groups is 6. The highest BCUT2D eigenvalue weighted by molar-refractivity contribution is 5.95. The minimum atomic E-state index is -1.37. The molecule has 0 fully saturated rings. The number of nitrogens with one attached hydrogen (secondary N) is 3. The van der Waals surface area contributed by atoms with Crippen molar-refractivity contribution in [3.8, 4) is 0 Å². The second-order valence-corrected chi connectivity index (χ2v) is 8.28. The summed E-state index contributed by atoms with van der Waals surface area (Å²) in [5, 5.41) is 16.7. The Labute approximate surface area is 192 Å². The Morgan fingerprint density at radius 2 is 1.33 bits per heavy atom. The number of hydrogen-bond donors (Lipinski definition) is 7. The van der Waals surface area contributed by atoms with Crippen LogP contribution in [0.25, 0.3) is 0 Å². The molecule has 0 aromatic rings. The van der Waals surface area contributed by atoms with Gasteiger partial charge in [0.1, 0.15) is 18.1 Å². The van der Waals surface area contributed by atoms with E-state index in [1.54, 1.807) is 27.7 Å². The highest BCUT2D eigenvalue weighted by Crippen LogP contribution is 2.11. The van der Waals surface area contributed by atoms with Gasteiger partial charge in [0.05, 0.1) is 12.5 Å². The number of rotatable bonds is 15. The molecule has 0 spiro atoms. The summed E-state index contributed by atoms with van der Waals surface area (Å²) in [6.07, 6.45) is -0.387. The molecule has 0 heterocycles. The van der Waals surface area contributed by atoms with Crippen molar-refractivity contribution in [3.05, 3.63) is 0 Å². The summed E-state index contributed by atoms with van der Waals surface area (Å²) in [7, 11) is 0. The van der Waals surface area contributed by atoms with Crippen molar-refractivity contribution >= 4 is 35.5 Å². The van der Waals surface area contributed by atoms with Gasteiger partial charge in [0, 0.05) is 6.42 Å². The molecular formula is C20H36N6O7. The number of carboxylic acid groups (broad SMARTS) is 1. The van der Waals surface area contributed by atoms with E-state index in [0.717, 1.165) is 0 Å². The summed E-state index contributed by atoms with van der Waals surface area (Å²) >= 11 is 0. The highest BCUT2D eigenvalue weighted by atomic mass is 16.4. The van der Waals surface area contributed by atoms with Crippen LogP contribution >= 0.6 is 0 Å². The van der Waals surface area contributed by atoms with Crippen LogP contribution < -0.4 is 33.2 Å². The third-order valence-electron chi connectivity index (χ3n) is 5.09. The van der Waals surface area contributed by atoms with Gasteiger partial charge in [-0.15, -0.1) is 0 Å². The summed E-state index contributed by atoms with van der Waals surface area (Å²) in [4.78, 5) is 71.4. The fraction of sp³-hybridized carbons (Fsp3) is 0.700. The van der Waals surface area contributed by atoms with Crippen molar-refractivity contribution in [1.29, 1.82) is 0 Å². The van der Waals surface area contributed by atoms with E-state index in [2.05, 4.69) is 16.0 Å². The van der Waals surface area contributed by atoms with Crippen LogP contribution in [0.2, 0.25) is 0 Å². The molecule has 13 heteroatoms. The van der Waals surface area contributed by atoms with E-state index in [1.165, 1.54) is 0 Å². The molecule has 188 valence electrons. The van der Waals surface area contributed by atoms with Crippen molar-refractivity contribution in [2.24, 2.45) is 29.0 Å². The number of carbonyl (C=O) groups excluding carboxylic acids is 5. The molecule has 10 N–H and O–H groups in total. The van der Waals surface area contributed by atoms with Gasteiger partial charge in [-0.1, -0.05) is 34.1 Å². The second-order valence-electron chi connectivity index (χ2n) is 8.28. The molecule has 0 rings (SSSR count). The van der Waals surface area contributed by atoms with E-state index >= 15 is 0 Å². The van der Waals surface area contributed by atoms with Crippen LogP contribution in [0.3, 0.4) is 0 Å². The van der Waals surface area contributed by atoms with Crippen molar-refractivity contribution < 1.29 is 33.9 Å². The Morgan fingerprint density at radius 1 is 0.818 bits per heavy atom. The molecule has 5 unspecified atom stereocenters. The number of nitrogens with two attached hydrogens (primary N) is 3. The van der Waals surface area contributed by atoms with Crippen LogP contribution in [0, 0.1) is 11.8 Å². The maximum absolute atomic E-state index is 12.9. The molecule has 5 amide bonds. The smallest absolute Gasteiger partial charge is 0.326 e. The molecule has 0 aliphatic rings. The van der Waals surface area contributed by atoms with Gasteiger partial charge >= 0.3 is 5.97 Å². The van der Waals surface area contributed by atoms with Crippen molar-refractivity contribution in [3.63, 3.8) is 0 Å². The predicted molar refractivity (Wildman–Crippen MR) is 118 cm³/mol. The third-order valence-corrected chi connectivity index (χ3v) is 5.09. The molecule has 0 radical (unpaired) electrons. The molecular weight excluding hydrogens is 436 g/mol. The van der Waals surface area contributed by atoms with Crippen molar-refractivity contribution in [2.75, 3.05) is 0 Å². The Balaban J connectivity index is 5.50. The lowest BCUT2D eigenvalue weighted by molar-refractivity contribution is -0.143. The fourth-order valence-electron chi connectivity index (χ4n) is 2.86. The Morgan fingerprint density at radius 3 is 1.76 bits per heavy atom. The molecule has 0 aliphatic carbocycles. The van der Waals surface area contributed by atoms with Gasteiger partial charge in [-0.25, -0.2) is 4.79 Å².